The second kappa shape index (κ2) is 8.21. The van der Waals surface area contributed by atoms with Gasteiger partial charge in [-0.1, -0.05) is 44.2 Å². The smallest absolute Gasteiger partial charge is 0.127 e. The Morgan fingerprint density at radius 3 is 2.42 bits per heavy atom. The molecule has 0 aliphatic carbocycles. The molecule has 0 aliphatic heterocycles. The number of ether oxygens (including phenoxy) is 1. The highest BCUT2D eigenvalue weighted by Crippen LogP contribution is 2.30. The van der Waals surface area contributed by atoms with Crippen molar-refractivity contribution >= 4 is 0 Å². The summed E-state index contributed by atoms with van der Waals surface area (Å²) in [4.78, 5) is 5.81. The maximum Gasteiger partial charge on any atom is 0.127 e. The van der Waals surface area contributed by atoms with Crippen molar-refractivity contribution in [3.63, 3.8) is 0 Å². The van der Waals surface area contributed by atoms with Crippen molar-refractivity contribution in [2.75, 3.05) is 0 Å². The number of hydrogen-bond donors (Lipinski definition) is 1. The van der Waals surface area contributed by atoms with E-state index in [4.69, 9.17) is 14.0 Å². The number of hydroxylamine groups is 1. The maximum atomic E-state index is 5.87. The molecule has 0 amide bonds. The van der Waals surface area contributed by atoms with Gasteiger partial charge in [0.15, 0.2) is 0 Å². The number of para-hydroxylation sites is 1. The molecule has 0 saturated heterocycles. The van der Waals surface area contributed by atoms with Crippen LogP contribution >= 0.6 is 0 Å². The molecule has 1 atom stereocenters. The zero-order valence-corrected chi connectivity index (χ0v) is 15.4. The standard InChI is InChI=1S/C22H25NO3/c1-17(2)22(3,21-13-8-14-24-21)23-25-16-18-9-7-12-20(15-18)26-19-10-5-4-6-11-19/h4-15,17,23H,16H2,1-3H3. The van der Waals surface area contributed by atoms with Gasteiger partial charge in [0.2, 0.25) is 0 Å². The van der Waals surface area contributed by atoms with Gasteiger partial charge in [-0.2, -0.15) is 5.48 Å². The van der Waals surface area contributed by atoms with Crippen molar-refractivity contribution in [3.05, 3.63) is 84.3 Å². The molecule has 3 aromatic rings. The van der Waals surface area contributed by atoms with Crippen LogP contribution < -0.4 is 10.2 Å². The van der Waals surface area contributed by atoms with Crippen molar-refractivity contribution in [2.24, 2.45) is 5.92 Å². The Hall–Kier alpha value is -2.56. The molecule has 136 valence electrons. The summed E-state index contributed by atoms with van der Waals surface area (Å²) in [5.74, 6) is 2.75. The summed E-state index contributed by atoms with van der Waals surface area (Å²) in [7, 11) is 0. The SMILES string of the molecule is CC(C)C(C)(NOCc1cccc(Oc2ccccc2)c1)c1ccco1. The van der Waals surface area contributed by atoms with Crippen LogP contribution in [0.4, 0.5) is 0 Å². The summed E-state index contributed by atoms with van der Waals surface area (Å²) in [5, 5.41) is 0. The minimum Gasteiger partial charge on any atom is -0.467 e. The monoisotopic (exact) mass is 351 g/mol. The molecule has 4 nitrogen and oxygen atoms in total. The maximum absolute atomic E-state index is 5.87. The van der Waals surface area contributed by atoms with E-state index >= 15 is 0 Å². The van der Waals surface area contributed by atoms with Gasteiger partial charge in [-0.05, 0) is 54.8 Å². The molecular formula is C22H25NO3. The van der Waals surface area contributed by atoms with Crippen LogP contribution in [0, 0.1) is 5.92 Å². The minimum atomic E-state index is -0.401. The zero-order valence-electron chi connectivity index (χ0n) is 15.4. The van der Waals surface area contributed by atoms with Crippen molar-refractivity contribution in [2.45, 2.75) is 32.9 Å². The van der Waals surface area contributed by atoms with E-state index in [2.05, 4.69) is 26.3 Å². The van der Waals surface area contributed by atoms with Gasteiger partial charge in [-0.3, -0.25) is 4.84 Å². The van der Waals surface area contributed by atoms with E-state index < -0.39 is 5.54 Å². The number of furan rings is 1. The fourth-order valence-electron chi connectivity index (χ4n) is 2.62. The lowest BCUT2D eigenvalue weighted by molar-refractivity contribution is -0.0547. The van der Waals surface area contributed by atoms with E-state index in [0.29, 0.717) is 12.5 Å². The van der Waals surface area contributed by atoms with Gasteiger partial charge in [-0.15, -0.1) is 0 Å². The Morgan fingerprint density at radius 1 is 0.962 bits per heavy atom. The fourth-order valence-corrected chi connectivity index (χ4v) is 2.62. The first-order chi connectivity index (χ1) is 12.6. The van der Waals surface area contributed by atoms with Crippen LogP contribution in [0.5, 0.6) is 11.5 Å². The van der Waals surface area contributed by atoms with Crippen LogP contribution in [0.25, 0.3) is 0 Å². The highest BCUT2D eigenvalue weighted by Gasteiger charge is 2.33. The summed E-state index contributed by atoms with van der Waals surface area (Å²) >= 11 is 0. The van der Waals surface area contributed by atoms with Crippen LogP contribution in [0.2, 0.25) is 0 Å². The number of rotatable bonds is 8. The predicted octanol–water partition coefficient (Wildman–Crippen LogP) is 5.66. The van der Waals surface area contributed by atoms with Gasteiger partial charge in [0.1, 0.15) is 22.8 Å². The molecule has 0 radical (unpaired) electrons. The van der Waals surface area contributed by atoms with Gasteiger partial charge in [0.05, 0.1) is 12.9 Å². The number of benzene rings is 2. The minimum absolute atomic E-state index is 0.293. The first kappa shape index (κ1) is 18.2. The van der Waals surface area contributed by atoms with E-state index in [1.54, 1.807) is 6.26 Å². The first-order valence-electron chi connectivity index (χ1n) is 8.83. The third-order valence-corrected chi connectivity index (χ3v) is 4.59. The fraction of sp³-hybridized carbons (Fsp3) is 0.273. The topological polar surface area (TPSA) is 43.6 Å². The summed E-state index contributed by atoms with van der Waals surface area (Å²) in [6.45, 7) is 6.76. The molecule has 2 aromatic carbocycles. The lowest BCUT2D eigenvalue weighted by Crippen LogP contribution is -2.43. The van der Waals surface area contributed by atoms with Crippen molar-refractivity contribution in [1.29, 1.82) is 0 Å². The van der Waals surface area contributed by atoms with Gasteiger partial charge >= 0.3 is 0 Å². The molecule has 3 rings (SSSR count). The van der Waals surface area contributed by atoms with Crippen LogP contribution in [-0.2, 0) is 17.0 Å². The lowest BCUT2D eigenvalue weighted by atomic mass is 9.87. The normalized spacial score (nSPS) is 13.5. The molecule has 0 spiro atoms. The first-order valence-corrected chi connectivity index (χ1v) is 8.83. The molecule has 0 bridgehead atoms. The third kappa shape index (κ3) is 4.34. The highest BCUT2D eigenvalue weighted by atomic mass is 16.6. The number of nitrogens with one attached hydrogen (secondary N) is 1. The summed E-state index contributed by atoms with van der Waals surface area (Å²) in [6.07, 6.45) is 1.68. The average molecular weight is 351 g/mol. The third-order valence-electron chi connectivity index (χ3n) is 4.59. The predicted molar refractivity (Wildman–Crippen MR) is 102 cm³/mol. The molecule has 1 unspecified atom stereocenters. The van der Waals surface area contributed by atoms with Gasteiger partial charge in [0.25, 0.3) is 0 Å². The lowest BCUT2D eigenvalue weighted by Gasteiger charge is -2.32. The quantitative estimate of drug-likeness (QED) is 0.531. The molecule has 0 aliphatic rings. The van der Waals surface area contributed by atoms with Crippen LogP contribution in [0.3, 0.4) is 0 Å². The van der Waals surface area contributed by atoms with Crippen LogP contribution in [0.1, 0.15) is 32.1 Å². The van der Waals surface area contributed by atoms with Gasteiger partial charge in [0, 0.05) is 0 Å². The van der Waals surface area contributed by atoms with Gasteiger partial charge in [-0.25, -0.2) is 0 Å². The second-order valence-corrected chi connectivity index (χ2v) is 6.79. The van der Waals surface area contributed by atoms with Crippen molar-refractivity contribution < 1.29 is 14.0 Å². The Morgan fingerprint density at radius 2 is 1.73 bits per heavy atom. The van der Waals surface area contributed by atoms with Gasteiger partial charge < -0.3 is 9.15 Å². The van der Waals surface area contributed by atoms with Crippen molar-refractivity contribution in [1.82, 2.24) is 5.48 Å². The van der Waals surface area contributed by atoms with Crippen LogP contribution in [0.15, 0.2) is 77.4 Å². The Bertz CT molecular complexity index is 799. The highest BCUT2D eigenvalue weighted by molar-refractivity contribution is 5.33. The molecule has 26 heavy (non-hydrogen) atoms. The molecule has 1 N–H and O–H groups in total. The summed E-state index contributed by atoms with van der Waals surface area (Å²) < 4.78 is 11.5. The van der Waals surface area contributed by atoms with E-state index in [1.165, 1.54) is 0 Å². The largest absolute Gasteiger partial charge is 0.467 e. The van der Waals surface area contributed by atoms with E-state index in [-0.39, 0.29) is 0 Å². The zero-order chi connectivity index (χ0) is 18.4. The molecule has 0 fully saturated rings. The Labute approximate surface area is 154 Å². The second-order valence-electron chi connectivity index (χ2n) is 6.79. The summed E-state index contributed by atoms with van der Waals surface area (Å²) in [6, 6.07) is 21.5. The van der Waals surface area contributed by atoms with E-state index in [9.17, 15) is 0 Å². The molecule has 1 heterocycles. The van der Waals surface area contributed by atoms with Crippen LogP contribution in [-0.4, -0.2) is 0 Å². The number of hydrogen-bond acceptors (Lipinski definition) is 4. The average Bonchev–Trinajstić information content (AvgIpc) is 3.18. The molecular weight excluding hydrogens is 326 g/mol. The molecule has 0 saturated carbocycles. The summed E-state index contributed by atoms with van der Waals surface area (Å²) in [5.41, 5.74) is 3.80. The van der Waals surface area contributed by atoms with Crippen molar-refractivity contribution in [3.8, 4) is 11.5 Å². The van der Waals surface area contributed by atoms with E-state index in [0.717, 1.165) is 22.8 Å². The molecule has 1 aromatic heterocycles. The Balaban J connectivity index is 1.62. The van der Waals surface area contributed by atoms with E-state index in [1.807, 2.05) is 66.7 Å². The Kier molecular flexibility index (Phi) is 5.76. The molecule has 4 heteroatoms.